The average molecular weight is 2150 g/mol. The maximum atomic E-state index is 14.7. The van der Waals surface area contributed by atoms with Crippen molar-refractivity contribution in [3.05, 3.63) is 489 Å². The molecule has 0 aliphatic carbocycles. The molecule has 4 amide bonds. The number of ether oxygens (including phenoxy) is 2. The summed E-state index contributed by atoms with van der Waals surface area (Å²) in [5.74, 6) is -2.06. The van der Waals surface area contributed by atoms with Crippen molar-refractivity contribution in [1.29, 1.82) is 21.0 Å². The van der Waals surface area contributed by atoms with E-state index in [9.17, 15) is 45.5 Å². The Bertz CT molecular complexity index is 7730. The molecule has 1 aliphatic rings. The summed E-state index contributed by atoms with van der Waals surface area (Å²) < 4.78 is 105. The Morgan fingerprint density at radius 3 is 1.16 bits per heavy atom. The first-order chi connectivity index (χ1) is 70.8. The van der Waals surface area contributed by atoms with Gasteiger partial charge >= 0.3 is 0 Å². The van der Waals surface area contributed by atoms with Crippen molar-refractivity contribution in [2.75, 3.05) is 13.3 Å². The second-order valence-corrected chi connectivity index (χ2v) is 36.2. The fraction of sp³-hybridized carbons (Fsp3) is 0.135. The van der Waals surface area contributed by atoms with E-state index in [1.54, 1.807) is 147 Å². The molecule has 0 unspecified atom stereocenters. The minimum absolute atomic E-state index is 0.0422. The SMILES string of the molecule is Cc1ccccc1-c1cccc(C(=O)N(Cc2ccc(F)cc2F)Cc2nncn2Cc2ccc(C#N)cc2)c1.N#Cc1ccc(Cn2cnnc2CN(CCc2ccc(Br)cc2)C(=O)c2ccc3c(c2)OCO3)cc1.N#Cc1ccc(Cn2cnnc2CN(Cc2ccc(F)cc2F)C(=O)/C=C/c2cccc(Br)c2)cc1.N#Cc1ccc(Cn2cnnc2CN(Cc2ccc(F)cc2F)C(=O)c2cccc(Br)c2)cc1. The van der Waals surface area contributed by atoms with Crippen molar-refractivity contribution >= 4 is 77.5 Å². The van der Waals surface area contributed by atoms with Gasteiger partial charge in [-0.2, -0.15) is 21.0 Å². The monoisotopic (exact) mass is 2140 g/mol. The molecule has 17 aromatic rings. The van der Waals surface area contributed by atoms with Crippen LogP contribution in [-0.4, -0.2) is 116 Å². The van der Waals surface area contributed by atoms with Gasteiger partial charge in [-0.3, -0.25) is 19.2 Å². The number of benzene rings is 13. The molecule has 0 spiro atoms. The number of carbonyl (C=O) groups excluding carboxylic acids is 4. The smallest absolute Gasteiger partial charge is 0.254 e. The minimum Gasteiger partial charge on any atom is -0.454 e. The van der Waals surface area contributed by atoms with Crippen LogP contribution in [0.5, 0.6) is 11.5 Å². The van der Waals surface area contributed by atoms with Crippen LogP contribution in [0.4, 0.5) is 26.3 Å². The predicted octanol–water partition coefficient (Wildman–Crippen LogP) is 21.4. The lowest BCUT2D eigenvalue weighted by molar-refractivity contribution is -0.127. The van der Waals surface area contributed by atoms with E-state index < -0.39 is 34.9 Å². The molecule has 0 radical (unpaired) electrons. The lowest BCUT2D eigenvalue weighted by Gasteiger charge is -2.23. The van der Waals surface area contributed by atoms with Crippen LogP contribution in [0.25, 0.3) is 17.2 Å². The highest BCUT2D eigenvalue weighted by Crippen LogP contribution is 2.34. The van der Waals surface area contributed by atoms with Gasteiger partial charge in [0.05, 0.1) is 98.9 Å². The largest absolute Gasteiger partial charge is 0.454 e. The third-order valence-electron chi connectivity index (χ3n) is 23.3. The molecule has 0 atom stereocenters. The molecule has 5 heterocycles. The number of fused-ring (bicyclic) bond motifs is 1. The third-order valence-corrected chi connectivity index (χ3v) is 24.8. The Morgan fingerprint density at radius 1 is 0.363 bits per heavy atom. The number of carbonyl (C=O) groups is 4. The summed E-state index contributed by atoms with van der Waals surface area (Å²) in [4.78, 5) is 60.2. The van der Waals surface area contributed by atoms with Gasteiger partial charge in [-0.05, 0) is 209 Å². The van der Waals surface area contributed by atoms with E-state index in [0.29, 0.717) is 119 Å². The standard InChI is InChI=1S/C32H25F2N5O.C27H20BrF2N5O.C27H22BrN5O3.C25H18BrF2N5O/c1-22-5-2-3-8-29(22)25-6-4-7-26(15-25)32(40)38(19-27-13-14-28(33)16-30(27)34)20-31-37-36-21-39(31)18-24-11-9-23(17-35)10-12-24;28-23-3-1-2-19(12-23)8-11-27(36)34(16-22-9-10-24(29)13-25(22)30)17-26-33-32-18-35(26)15-21-6-4-20(14-31)5-7-21;28-23-8-5-19(6-9-23)11-12-32(27(34)22-7-10-24-25(13-22)36-18-35-24)16-26-31-30-17-33(26)15-21-3-1-20(14-29)2-4-21;26-21-3-1-2-19(10-21)25(34)32(14-20-8-9-22(27)11-23(20)28)15-24-31-30-16-33(24)13-18-6-4-17(12-29)5-7-18/h2-16,21H,18-20H2,1H3;1-13,18H,15-17H2;1-10,13,17H,11-12,15-16,18H2;1-11,16H,13-15H2/b;11-8+;;. The molecule has 18 rings (SSSR count). The van der Waals surface area contributed by atoms with Gasteiger partial charge in [0.1, 0.15) is 60.2 Å². The molecule has 13 aromatic carbocycles. The van der Waals surface area contributed by atoms with Crippen LogP contribution in [0, 0.1) is 87.2 Å². The molecule has 0 saturated carbocycles. The lowest BCUT2D eigenvalue weighted by atomic mass is 9.98. The van der Waals surface area contributed by atoms with Gasteiger partial charge in [-0.15, -0.1) is 40.8 Å². The van der Waals surface area contributed by atoms with Crippen molar-refractivity contribution < 1.29 is 55.0 Å². The van der Waals surface area contributed by atoms with Gasteiger partial charge in [0.2, 0.25) is 12.7 Å². The van der Waals surface area contributed by atoms with E-state index in [-0.39, 0.29) is 86.4 Å². The molecule has 4 aromatic heterocycles. The van der Waals surface area contributed by atoms with Gasteiger partial charge in [-0.1, -0.05) is 181 Å². The van der Waals surface area contributed by atoms with Crippen LogP contribution in [0.1, 0.15) is 132 Å². The lowest BCUT2D eigenvalue weighted by Crippen LogP contribution is -2.33. The molecule has 0 bridgehead atoms. The number of halogens is 9. The molecular formula is C111H85Br3F6N20O6. The maximum absolute atomic E-state index is 14.7. The number of hydrogen-bond acceptors (Lipinski definition) is 18. The maximum Gasteiger partial charge on any atom is 0.254 e. The number of aryl methyl sites for hydroxylation is 1. The fourth-order valence-corrected chi connectivity index (χ4v) is 16.6. The van der Waals surface area contributed by atoms with Crippen LogP contribution in [0.2, 0.25) is 0 Å². The molecule has 0 fully saturated rings. The zero-order valence-electron chi connectivity index (χ0n) is 77.9. The summed E-state index contributed by atoms with van der Waals surface area (Å²) in [5, 5.41) is 69.0. The normalized spacial score (nSPS) is 11.0. The summed E-state index contributed by atoms with van der Waals surface area (Å²) in [6.07, 6.45) is 10.1. The van der Waals surface area contributed by atoms with Crippen LogP contribution >= 0.6 is 47.8 Å². The summed E-state index contributed by atoms with van der Waals surface area (Å²) in [7, 11) is 0. The Morgan fingerprint density at radius 2 is 0.740 bits per heavy atom. The highest BCUT2D eigenvalue weighted by atomic mass is 79.9. The van der Waals surface area contributed by atoms with Gasteiger partial charge in [0, 0.05) is 97.3 Å². The summed E-state index contributed by atoms with van der Waals surface area (Å²) in [6.45, 7) is 4.64. The number of aromatic nitrogens is 12. The average Bonchev–Trinajstić information content (AvgIpc) is 1.38. The van der Waals surface area contributed by atoms with E-state index in [4.69, 9.17) is 30.5 Å². The second-order valence-electron chi connectivity index (χ2n) is 33.4. The van der Waals surface area contributed by atoms with Crippen LogP contribution < -0.4 is 9.47 Å². The van der Waals surface area contributed by atoms with Gasteiger partial charge < -0.3 is 47.3 Å². The number of nitriles is 4. The molecule has 0 saturated heterocycles. The number of hydrogen-bond donors (Lipinski definition) is 0. The number of amides is 4. The van der Waals surface area contributed by atoms with Crippen molar-refractivity contribution in [3.8, 4) is 46.9 Å². The van der Waals surface area contributed by atoms with Gasteiger partial charge in [0.15, 0.2) is 34.8 Å². The minimum atomic E-state index is -0.734. The van der Waals surface area contributed by atoms with Gasteiger partial charge in [0.25, 0.3) is 17.7 Å². The highest BCUT2D eigenvalue weighted by Gasteiger charge is 2.28. The number of rotatable bonds is 31. The molecule has 35 heteroatoms. The Kier molecular flexibility index (Phi) is 35.2. The van der Waals surface area contributed by atoms with Crippen LogP contribution in [0.3, 0.4) is 0 Å². The first-order valence-corrected chi connectivity index (χ1v) is 47.6. The van der Waals surface area contributed by atoms with Gasteiger partial charge in [-0.25, -0.2) is 26.3 Å². The molecular weight excluding hydrogens is 2060 g/mol. The van der Waals surface area contributed by atoms with Crippen molar-refractivity contribution in [3.63, 3.8) is 0 Å². The quantitative estimate of drug-likeness (QED) is 0.0288. The summed E-state index contributed by atoms with van der Waals surface area (Å²) in [5.41, 5.74) is 12.9. The predicted molar refractivity (Wildman–Crippen MR) is 541 cm³/mol. The van der Waals surface area contributed by atoms with E-state index >= 15 is 0 Å². The number of nitrogens with zero attached hydrogens (tertiary/aromatic N) is 20. The van der Waals surface area contributed by atoms with Crippen molar-refractivity contribution in [1.82, 2.24) is 78.7 Å². The Labute approximate surface area is 860 Å². The van der Waals surface area contributed by atoms with Crippen LogP contribution in [0.15, 0.2) is 336 Å². The van der Waals surface area contributed by atoms with E-state index in [2.05, 4.69) is 113 Å². The summed E-state index contributed by atoms with van der Waals surface area (Å²) >= 11 is 10.2. The first kappa shape index (κ1) is 103. The zero-order chi connectivity index (χ0) is 103. The zero-order valence-corrected chi connectivity index (χ0v) is 82.6. The Balaban J connectivity index is 0.000000146. The molecule has 728 valence electrons. The second kappa shape index (κ2) is 49.8. The Hall–Kier alpha value is -17.4. The van der Waals surface area contributed by atoms with E-state index in [0.717, 1.165) is 93.8 Å². The highest BCUT2D eigenvalue weighted by molar-refractivity contribution is 9.11. The fourth-order valence-electron chi connectivity index (χ4n) is 15.5. The van der Waals surface area contributed by atoms with Crippen molar-refractivity contribution in [2.45, 2.75) is 85.3 Å². The molecule has 0 N–H and O–H groups in total. The van der Waals surface area contributed by atoms with Crippen LogP contribution in [-0.2, 0) is 83.2 Å². The third kappa shape index (κ3) is 28.3. The first-order valence-electron chi connectivity index (χ1n) is 45.2. The van der Waals surface area contributed by atoms with E-state index in [1.807, 2.05) is 151 Å². The molecule has 1 aliphatic heterocycles. The summed E-state index contributed by atoms with van der Waals surface area (Å²) in [6, 6.07) is 89.9. The topological polar surface area (TPSA) is 318 Å². The molecule has 26 nitrogen and oxygen atoms in total. The van der Waals surface area contributed by atoms with E-state index in [1.165, 1.54) is 45.0 Å². The van der Waals surface area contributed by atoms with Crippen molar-refractivity contribution in [2.24, 2.45) is 0 Å². The molecule has 146 heavy (non-hydrogen) atoms.